The van der Waals surface area contributed by atoms with E-state index in [4.69, 9.17) is 10.2 Å². The van der Waals surface area contributed by atoms with Crippen molar-refractivity contribution in [3.8, 4) is 0 Å². The van der Waals surface area contributed by atoms with E-state index in [2.05, 4.69) is 5.32 Å². The van der Waals surface area contributed by atoms with E-state index in [0.717, 1.165) is 0 Å². The first-order valence-electron chi connectivity index (χ1n) is 2.46. The van der Waals surface area contributed by atoms with Gasteiger partial charge in [0.2, 0.25) is 6.23 Å². The Kier molecular flexibility index (Phi) is 3.46. The van der Waals surface area contributed by atoms with E-state index < -0.39 is 12.2 Å². The fraction of sp³-hybridized carbons (Fsp3) is 0.400. The van der Waals surface area contributed by atoms with Crippen molar-refractivity contribution in [1.29, 1.82) is 0 Å². The molecule has 3 N–H and O–H groups in total. The second-order valence-electron chi connectivity index (χ2n) is 1.41. The van der Waals surface area contributed by atoms with Gasteiger partial charge < -0.3 is 15.5 Å². The predicted octanol–water partition coefficient (Wildman–Crippen LogP) is -0.487. The largest absolute Gasteiger partial charge is 0.478 e. The van der Waals surface area contributed by atoms with Crippen LogP contribution in [0.15, 0.2) is 12.3 Å². The number of allylic oxidation sites excluding steroid dienone is 1. The summed E-state index contributed by atoms with van der Waals surface area (Å²) in [6, 6.07) is 0. The Bertz CT molecular complexity index is 121. The molecule has 52 valence electrons. The monoisotopic (exact) mass is 131 g/mol. The van der Waals surface area contributed by atoms with Gasteiger partial charge in [-0.3, -0.25) is 0 Å². The minimum Gasteiger partial charge on any atom is -0.478 e. The molecule has 0 saturated carbocycles. The van der Waals surface area contributed by atoms with Crippen LogP contribution in [0.4, 0.5) is 0 Å². The van der Waals surface area contributed by atoms with Gasteiger partial charge in [-0.25, -0.2) is 4.79 Å². The standard InChI is InChI=1S/C5H9NO3/c1-2-3-6-4(7)5(8)9/h2-4,6-7H,1H3,(H,8,9). The van der Waals surface area contributed by atoms with E-state index in [1.54, 1.807) is 13.0 Å². The average molecular weight is 131 g/mol. The Hall–Kier alpha value is -1.03. The van der Waals surface area contributed by atoms with Gasteiger partial charge in [0, 0.05) is 0 Å². The SMILES string of the molecule is CC=CNC(O)C(=O)O. The van der Waals surface area contributed by atoms with E-state index in [0.29, 0.717) is 0 Å². The van der Waals surface area contributed by atoms with Gasteiger partial charge in [0.15, 0.2) is 0 Å². The van der Waals surface area contributed by atoms with Crippen LogP contribution in [0.25, 0.3) is 0 Å². The number of hydrogen-bond acceptors (Lipinski definition) is 3. The van der Waals surface area contributed by atoms with E-state index in [-0.39, 0.29) is 0 Å². The number of carbonyl (C=O) groups is 1. The number of carboxylic acid groups (broad SMARTS) is 1. The molecular formula is C5H9NO3. The summed E-state index contributed by atoms with van der Waals surface area (Å²) in [5, 5.41) is 18.8. The van der Waals surface area contributed by atoms with Crippen molar-refractivity contribution in [3.05, 3.63) is 12.3 Å². The van der Waals surface area contributed by atoms with Crippen molar-refractivity contribution in [3.63, 3.8) is 0 Å². The molecule has 0 aliphatic rings. The number of aliphatic hydroxyl groups is 1. The van der Waals surface area contributed by atoms with E-state index in [9.17, 15) is 4.79 Å². The number of rotatable bonds is 3. The highest BCUT2D eigenvalue weighted by Gasteiger charge is 2.07. The zero-order valence-corrected chi connectivity index (χ0v) is 5.03. The highest BCUT2D eigenvalue weighted by Crippen LogP contribution is 1.75. The maximum atomic E-state index is 9.86. The summed E-state index contributed by atoms with van der Waals surface area (Å²) in [6.45, 7) is 1.71. The van der Waals surface area contributed by atoms with Crippen molar-refractivity contribution in [1.82, 2.24) is 5.32 Å². The lowest BCUT2D eigenvalue weighted by Crippen LogP contribution is -2.32. The molecule has 0 aromatic heterocycles. The van der Waals surface area contributed by atoms with Gasteiger partial charge in [0.25, 0.3) is 0 Å². The van der Waals surface area contributed by atoms with E-state index in [1.165, 1.54) is 6.20 Å². The molecule has 0 aliphatic heterocycles. The first kappa shape index (κ1) is 7.97. The van der Waals surface area contributed by atoms with Gasteiger partial charge in [-0.2, -0.15) is 0 Å². The van der Waals surface area contributed by atoms with Crippen LogP contribution in [0.1, 0.15) is 6.92 Å². The fourth-order valence-corrected chi connectivity index (χ4v) is 0.259. The minimum absolute atomic E-state index is 1.28. The molecule has 9 heavy (non-hydrogen) atoms. The molecule has 0 aliphatic carbocycles. The molecule has 0 saturated heterocycles. The maximum Gasteiger partial charge on any atom is 0.353 e. The lowest BCUT2D eigenvalue weighted by atomic mass is 10.5. The van der Waals surface area contributed by atoms with Crippen LogP contribution in [0, 0.1) is 0 Å². The third-order valence-electron chi connectivity index (χ3n) is 0.655. The van der Waals surface area contributed by atoms with Crippen LogP contribution in [-0.4, -0.2) is 22.4 Å². The van der Waals surface area contributed by atoms with Gasteiger partial charge in [-0.15, -0.1) is 0 Å². The molecule has 1 atom stereocenters. The third kappa shape index (κ3) is 3.54. The van der Waals surface area contributed by atoms with Gasteiger partial charge in [-0.1, -0.05) is 6.08 Å². The quantitative estimate of drug-likeness (QED) is 0.452. The van der Waals surface area contributed by atoms with Crippen LogP contribution in [0.5, 0.6) is 0 Å². The molecule has 0 amide bonds. The van der Waals surface area contributed by atoms with Crippen molar-refractivity contribution in [2.45, 2.75) is 13.2 Å². The van der Waals surface area contributed by atoms with E-state index in [1.807, 2.05) is 0 Å². The topological polar surface area (TPSA) is 69.6 Å². The molecular weight excluding hydrogens is 122 g/mol. The molecule has 0 fully saturated rings. The number of nitrogens with one attached hydrogen (secondary N) is 1. The van der Waals surface area contributed by atoms with Crippen molar-refractivity contribution in [2.24, 2.45) is 0 Å². The highest BCUT2D eigenvalue weighted by atomic mass is 16.4. The first-order valence-corrected chi connectivity index (χ1v) is 2.46. The van der Waals surface area contributed by atoms with Gasteiger partial charge in [-0.05, 0) is 13.1 Å². The van der Waals surface area contributed by atoms with Gasteiger partial charge >= 0.3 is 5.97 Å². The fourth-order valence-electron chi connectivity index (χ4n) is 0.259. The second kappa shape index (κ2) is 3.91. The van der Waals surface area contributed by atoms with Gasteiger partial charge in [0.1, 0.15) is 0 Å². The summed E-state index contributed by atoms with van der Waals surface area (Å²) in [5.41, 5.74) is 0. The summed E-state index contributed by atoms with van der Waals surface area (Å²) in [5.74, 6) is -1.28. The van der Waals surface area contributed by atoms with Crippen LogP contribution >= 0.6 is 0 Å². The average Bonchev–Trinajstić information content (AvgIpc) is 1.82. The molecule has 4 nitrogen and oxygen atoms in total. The molecule has 0 aromatic carbocycles. The number of aliphatic hydroxyl groups excluding tert-OH is 1. The third-order valence-corrected chi connectivity index (χ3v) is 0.655. The van der Waals surface area contributed by atoms with Gasteiger partial charge in [0.05, 0.1) is 0 Å². The lowest BCUT2D eigenvalue weighted by Gasteiger charge is -2.02. The Balaban J connectivity index is 3.50. The molecule has 0 heterocycles. The maximum absolute atomic E-state index is 9.86. The molecule has 0 rings (SSSR count). The number of aliphatic carboxylic acids is 1. The molecule has 4 heteroatoms. The molecule has 0 radical (unpaired) electrons. The molecule has 1 unspecified atom stereocenters. The Morgan fingerprint density at radius 2 is 2.33 bits per heavy atom. The number of hydrogen-bond donors (Lipinski definition) is 3. The molecule has 0 aromatic rings. The summed E-state index contributed by atoms with van der Waals surface area (Å²) >= 11 is 0. The summed E-state index contributed by atoms with van der Waals surface area (Å²) in [4.78, 5) is 9.86. The smallest absolute Gasteiger partial charge is 0.353 e. The minimum atomic E-state index is -1.50. The zero-order chi connectivity index (χ0) is 7.28. The normalized spacial score (nSPS) is 13.6. The molecule has 0 spiro atoms. The second-order valence-corrected chi connectivity index (χ2v) is 1.41. The zero-order valence-electron chi connectivity index (χ0n) is 5.03. The highest BCUT2D eigenvalue weighted by molar-refractivity contribution is 5.71. The van der Waals surface area contributed by atoms with Crippen molar-refractivity contribution < 1.29 is 15.0 Å². The summed E-state index contributed by atoms with van der Waals surface area (Å²) in [6.07, 6.45) is 1.45. The van der Waals surface area contributed by atoms with Crippen molar-refractivity contribution in [2.75, 3.05) is 0 Å². The molecule has 0 bridgehead atoms. The summed E-state index contributed by atoms with van der Waals surface area (Å²) in [7, 11) is 0. The Morgan fingerprint density at radius 3 is 2.67 bits per heavy atom. The predicted molar refractivity (Wildman–Crippen MR) is 31.6 cm³/mol. The Labute approximate surface area is 52.8 Å². The first-order chi connectivity index (χ1) is 4.18. The van der Waals surface area contributed by atoms with Crippen LogP contribution in [0.3, 0.4) is 0 Å². The van der Waals surface area contributed by atoms with Crippen LogP contribution in [-0.2, 0) is 4.79 Å². The van der Waals surface area contributed by atoms with Crippen LogP contribution in [0.2, 0.25) is 0 Å². The van der Waals surface area contributed by atoms with Crippen molar-refractivity contribution >= 4 is 5.97 Å². The lowest BCUT2D eigenvalue weighted by molar-refractivity contribution is -0.147. The Morgan fingerprint density at radius 1 is 1.78 bits per heavy atom. The van der Waals surface area contributed by atoms with Crippen LogP contribution < -0.4 is 5.32 Å². The van der Waals surface area contributed by atoms with E-state index >= 15 is 0 Å². The number of carboxylic acids is 1. The summed E-state index contributed by atoms with van der Waals surface area (Å²) < 4.78 is 0.